The van der Waals surface area contributed by atoms with Crippen molar-refractivity contribution in [3.8, 4) is 0 Å². The van der Waals surface area contributed by atoms with Crippen molar-refractivity contribution in [1.29, 1.82) is 0 Å². The van der Waals surface area contributed by atoms with Gasteiger partial charge in [0, 0.05) is 29.5 Å². The summed E-state index contributed by atoms with van der Waals surface area (Å²) < 4.78 is 25.3. The number of hydrogen-bond donors (Lipinski definition) is 1. The van der Waals surface area contributed by atoms with E-state index in [1.165, 1.54) is 49.6 Å². The van der Waals surface area contributed by atoms with E-state index in [-0.39, 0.29) is 23.5 Å². The van der Waals surface area contributed by atoms with E-state index in [0.717, 1.165) is 5.56 Å². The summed E-state index contributed by atoms with van der Waals surface area (Å²) >= 11 is 0. The van der Waals surface area contributed by atoms with Gasteiger partial charge in [0.1, 0.15) is 0 Å². The van der Waals surface area contributed by atoms with Crippen LogP contribution in [0.2, 0.25) is 0 Å². The summed E-state index contributed by atoms with van der Waals surface area (Å²) in [6.45, 7) is 4.24. The van der Waals surface area contributed by atoms with Gasteiger partial charge in [-0.05, 0) is 50.8 Å². The summed E-state index contributed by atoms with van der Waals surface area (Å²) in [6, 6.07) is 2.46. The molecule has 1 aromatic rings. The summed E-state index contributed by atoms with van der Waals surface area (Å²) in [5.74, 6) is 0.0112. The number of hydrogen-bond acceptors (Lipinski definition) is 3. The zero-order valence-corrected chi connectivity index (χ0v) is 15.9. The maximum atomic E-state index is 12.1. The van der Waals surface area contributed by atoms with Crippen LogP contribution in [0.25, 0.3) is 6.08 Å². The van der Waals surface area contributed by atoms with Gasteiger partial charge < -0.3 is 9.88 Å². The smallest absolute Gasteiger partial charge is 0.244 e. The molecule has 5 nitrogen and oxygen atoms in total. The predicted octanol–water partition coefficient (Wildman–Crippen LogP) is 2.93. The highest BCUT2D eigenvalue weighted by atomic mass is 32.2. The first-order valence-corrected chi connectivity index (χ1v) is 11.1. The van der Waals surface area contributed by atoms with Gasteiger partial charge in [0.25, 0.3) is 0 Å². The van der Waals surface area contributed by atoms with E-state index >= 15 is 0 Å². The van der Waals surface area contributed by atoms with Gasteiger partial charge in [-0.1, -0.05) is 19.3 Å². The maximum Gasteiger partial charge on any atom is 0.244 e. The zero-order valence-electron chi connectivity index (χ0n) is 15.1. The molecule has 2 heterocycles. The number of amides is 1. The molecule has 3 rings (SSSR count). The third kappa shape index (κ3) is 4.35. The molecule has 1 aliphatic heterocycles. The lowest BCUT2D eigenvalue weighted by molar-refractivity contribution is -0.116. The number of aromatic nitrogens is 1. The predicted molar refractivity (Wildman–Crippen MR) is 100 cm³/mol. The summed E-state index contributed by atoms with van der Waals surface area (Å²) in [7, 11) is -2.97. The van der Waals surface area contributed by atoms with Crippen LogP contribution in [0.5, 0.6) is 0 Å². The van der Waals surface area contributed by atoms with Crippen LogP contribution in [0.4, 0.5) is 0 Å². The van der Waals surface area contributed by atoms with E-state index in [2.05, 4.69) is 29.8 Å². The van der Waals surface area contributed by atoms with E-state index in [4.69, 9.17) is 0 Å². The molecule has 138 valence electrons. The van der Waals surface area contributed by atoms with E-state index in [9.17, 15) is 13.2 Å². The number of aryl methyl sites for hydroxylation is 1. The highest BCUT2D eigenvalue weighted by molar-refractivity contribution is 7.91. The Morgan fingerprint density at radius 3 is 2.56 bits per heavy atom. The van der Waals surface area contributed by atoms with Crippen molar-refractivity contribution in [1.82, 2.24) is 9.88 Å². The third-order valence-electron chi connectivity index (χ3n) is 5.46. The maximum absolute atomic E-state index is 12.1. The molecule has 0 radical (unpaired) electrons. The molecule has 2 aliphatic rings. The normalized spacial score (nSPS) is 24.0. The number of rotatable bonds is 4. The Morgan fingerprint density at radius 1 is 1.20 bits per heavy atom. The summed E-state index contributed by atoms with van der Waals surface area (Å²) in [6.07, 6.45) is 10.3. The number of nitrogens with one attached hydrogen (secondary N) is 1. The van der Waals surface area contributed by atoms with Gasteiger partial charge in [-0.2, -0.15) is 0 Å². The highest BCUT2D eigenvalue weighted by Gasteiger charge is 2.28. The molecule has 1 aromatic heterocycles. The molecule has 1 unspecified atom stereocenters. The van der Waals surface area contributed by atoms with Crippen LogP contribution in [0, 0.1) is 13.8 Å². The molecule has 2 fully saturated rings. The standard InChI is InChI=1S/C19H28N2O3S/c1-14-12-16(15(2)21(14)18-6-4-3-5-7-18)8-9-19(22)20-17-10-11-25(23,24)13-17/h8-9,12,17-18H,3-7,10-11,13H2,1-2H3,(H,20,22). The molecular weight excluding hydrogens is 336 g/mol. The number of sulfone groups is 1. The van der Waals surface area contributed by atoms with Crippen LogP contribution >= 0.6 is 0 Å². The minimum absolute atomic E-state index is 0.0583. The second-order valence-corrected chi connectivity index (χ2v) is 9.66. The van der Waals surface area contributed by atoms with Gasteiger partial charge in [0.2, 0.25) is 5.91 Å². The second kappa shape index (κ2) is 7.36. The van der Waals surface area contributed by atoms with Gasteiger partial charge >= 0.3 is 0 Å². The van der Waals surface area contributed by atoms with Crippen LogP contribution in [0.1, 0.15) is 61.5 Å². The molecule has 1 aliphatic carbocycles. The van der Waals surface area contributed by atoms with Crippen LogP contribution < -0.4 is 5.32 Å². The van der Waals surface area contributed by atoms with Crippen LogP contribution in [-0.2, 0) is 14.6 Å². The lowest BCUT2D eigenvalue weighted by Gasteiger charge is -2.26. The van der Waals surface area contributed by atoms with Gasteiger partial charge in [0.15, 0.2) is 9.84 Å². The molecule has 1 saturated carbocycles. The second-order valence-electron chi connectivity index (χ2n) is 7.43. The van der Waals surface area contributed by atoms with E-state index in [0.29, 0.717) is 12.5 Å². The molecule has 1 atom stereocenters. The molecular formula is C19H28N2O3S. The Bertz CT molecular complexity index is 771. The monoisotopic (exact) mass is 364 g/mol. The van der Waals surface area contributed by atoms with Gasteiger partial charge in [-0.15, -0.1) is 0 Å². The van der Waals surface area contributed by atoms with E-state index in [1.807, 2.05) is 6.08 Å². The summed E-state index contributed by atoms with van der Waals surface area (Å²) in [5, 5.41) is 2.80. The molecule has 0 aromatic carbocycles. The van der Waals surface area contributed by atoms with Crippen molar-refractivity contribution in [2.45, 2.75) is 64.5 Å². The Labute approximate surface area is 150 Å². The molecule has 0 bridgehead atoms. The SMILES string of the molecule is Cc1cc(C=CC(=O)NC2CCS(=O)(=O)C2)c(C)n1C1CCCCC1. The Balaban J connectivity index is 1.66. The third-order valence-corrected chi connectivity index (χ3v) is 7.22. The average Bonchev–Trinajstić information content (AvgIpc) is 3.04. The lowest BCUT2D eigenvalue weighted by Crippen LogP contribution is -2.34. The van der Waals surface area contributed by atoms with E-state index < -0.39 is 9.84 Å². The quantitative estimate of drug-likeness (QED) is 0.835. The largest absolute Gasteiger partial charge is 0.349 e. The molecule has 25 heavy (non-hydrogen) atoms. The number of carbonyl (C=O) groups is 1. The van der Waals surface area contributed by atoms with Gasteiger partial charge in [0.05, 0.1) is 11.5 Å². The fourth-order valence-electron chi connectivity index (χ4n) is 4.20. The van der Waals surface area contributed by atoms with Crippen molar-refractivity contribution in [2.75, 3.05) is 11.5 Å². The summed E-state index contributed by atoms with van der Waals surface area (Å²) in [4.78, 5) is 12.1. The minimum Gasteiger partial charge on any atom is -0.349 e. The van der Waals surface area contributed by atoms with Crippen molar-refractivity contribution < 1.29 is 13.2 Å². The summed E-state index contributed by atoms with van der Waals surface area (Å²) in [5.41, 5.74) is 3.51. The molecule has 0 spiro atoms. The van der Waals surface area contributed by atoms with Gasteiger partial charge in [-0.3, -0.25) is 4.79 Å². The van der Waals surface area contributed by atoms with Crippen molar-refractivity contribution >= 4 is 21.8 Å². The molecule has 6 heteroatoms. The van der Waals surface area contributed by atoms with Crippen LogP contribution in [0.3, 0.4) is 0 Å². The van der Waals surface area contributed by atoms with Gasteiger partial charge in [-0.25, -0.2) is 8.42 Å². The minimum atomic E-state index is -2.97. The Morgan fingerprint density at radius 2 is 1.92 bits per heavy atom. The van der Waals surface area contributed by atoms with Crippen molar-refractivity contribution in [2.24, 2.45) is 0 Å². The fraction of sp³-hybridized carbons (Fsp3) is 0.632. The first-order chi connectivity index (χ1) is 11.9. The lowest BCUT2D eigenvalue weighted by atomic mass is 9.95. The number of nitrogens with zero attached hydrogens (tertiary/aromatic N) is 1. The van der Waals surface area contributed by atoms with Crippen LogP contribution in [0.15, 0.2) is 12.1 Å². The fourth-order valence-corrected chi connectivity index (χ4v) is 5.87. The van der Waals surface area contributed by atoms with Crippen molar-refractivity contribution in [3.05, 3.63) is 29.1 Å². The highest BCUT2D eigenvalue weighted by Crippen LogP contribution is 2.32. The van der Waals surface area contributed by atoms with E-state index in [1.54, 1.807) is 0 Å². The molecule has 1 amide bonds. The zero-order chi connectivity index (χ0) is 18.0. The first kappa shape index (κ1) is 18.2. The Hall–Kier alpha value is -1.56. The number of carbonyl (C=O) groups excluding carboxylic acids is 1. The van der Waals surface area contributed by atoms with Crippen molar-refractivity contribution in [3.63, 3.8) is 0 Å². The van der Waals surface area contributed by atoms with Crippen LogP contribution in [-0.4, -0.2) is 36.4 Å². The topological polar surface area (TPSA) is 68.2 Å². The molecule has 1 saturated heterocycles. The first-order valence-electron chi connectivity index (χ1n) is 9.23. The average molecular weight is 365 g/mol. The Kier molecular flexibility index (Phi) is 5.37. The molecule has 1 N–H and O–H groups in total.